The van der Waals surface area contributed by atoms with E-state index in [1.54, 1.807) is 15.1 Å². The van der Waals surface area contributed by atoms with Crippen molar-refractivity contribution in [1.29, 1.82) is 0 Å². The summed E-state index contributed by atoms with van der Waals surface area (Å²) in [5.41, 5.74) is 2.18. The molecule has 1 saturated carbocycles. The summed E-state index contributed by atoms with van der Waals surface area (Å²) in [6.45, 7) is 1.25. The zero-order chi connectivity index (χ0) is 18.1. The van der Waals surface area contributed by atoms with Gasteiger partial charge in [-0.15, -0.1) is 0 Å². The summed E-state index contributed by atoms with van der Waals surface area (Å²) >= 11 is 0. The third-order valence-corrected chi connectivity index (χ3v) is 7.67. The van der Waals surface area contributed by atoms with Crippen LogP contribution in [0.5, 0.6) is 0 Å². The van der Waals surface area contributed by atoms with Crippen LogP contribution >= 0.6 is 0 Å². The van der Waals surface area contributed by atoms with Crippen LogP contribution in [0.2, 0.25) is 0 Å². The molecule has 4 rings (SSSR count). The lowest BCUT2D eigenvalue weighted by Gasteiger charge is -2.31. The molecule has 0 amide bonds. The van der Waals surface area contributed by atoms with E-state index >= 15 is 0 Å². The predicted octanol–water partition coefficient (Wildman–Crippen LogP) is 1.54. The van der Waals surface area contributed by atoms with E-state index in [0.29, 0.717) is 13.1 Å². The summed E-state index contributed by atoms with van der Waals surface area (Å²) in [6, 6.07) is 1.82. The number of nitrogens with zero attached hydrogens (tertiary/aromatic N) is 3. The molecule has 0 atom stereocenters. The second kappa shape index (κ2) is 7.40. The highest BCUT2D eigenvalue weighted by Crippen LogP contribution is 2.28. The van der Waals surface area contributed by atoms with Crippen LogP contribution in [0.25, 0.3) is 0 Å². The van der Waals surface area contributed by atoms with Crippen molar-refractivity contribution in [3.63, 3.8) is 0 Å². The van der Waals surface area contributed by atoms with Crippen molar-refractivity contribution in [2.75, 3.05) is 13.1 Å². The van der Waals surface area contributed by atoms with Crippen molar-refractivity contribution in [3.8, 4) is 0 Å². The molecular formula is C18H28N4O3S. The Morgan fingerprint density at radius 3 is 2.42 bits per heavy atom. The van der Waals surface area contributed by atoms with E-state index < -0.39 is 10.2 Å². The predicted molar refractivity (Wildman–Crippen MR) is 99.3 cm³/mol. The number of nitrogens with one attached hydrogen (secondary N) is 1. The fraction of sp³-hybridized carbons (Fsp3) is 0.778. The summed E-state index contributed by atoms with van der Waals surface area (Å²) in [7, 11) is -3.36. The minimum atomic E-state index is -3.36. The fourth-order valence-corrected chi connectivity index (χ4v) is 6.04. The third-order valence-electron chi connectivity index (χ3n) is 6.00. The topological polar surface area (TPSA) is 84.3 Å². The zero-order valence-electron chi connectivity index (χ0n) is 15.2. The van der Waals surface area contributed by atoms with Gasteiger partial charge in [0.25, 0.3) is 15.8 Å². The Kier molecular flexibility index (Phi) is 5.16. The van der Waals surface area contributed by atoms with Gasteiger partial charge in [-0.05, 0) is 69.8 Å². The Bertz CT molecular complexity index is 806. The Morgan fingerprint density at radius 2 is 1.69 bits per heavy atom. The van der Waals surface area contributed by atoms with Gasteiger partial charge in [-0.25, -0.2) is 4.68 Å². The molecule has 26 heavy (non-hydrogen) atoms. The molecule has 1 N–H and O–H groups in total. The van der Waals surface area contributed by atoms with Crippen molar-refractivity contribution in [1.82, 2.24) is 18.8 Å². The van der Waals surface area contributed by atoms with Crippen LogP contribution in [0.15, 0.2) is 10.9 Å². The molecule has 144 valence electrons. The van der Waals surface area contributed by atoms with E-state index in [4.69, 9.17) is 0 Å². The summed E-state index contributed by atoms with van der Waals surface area (Å²) < 4.78 is 30.9. The first kappa shape index (κ1) is 18.1. The highest BCUT2D eigenvalue weighted by molar-refractivity contribution is 7.87. The molecule has 2 heterocycles. The van der Waals surface area contributed by atoms with Crippen molar-refractivity contribution in [2.24, 2.45) is 0 Å². The van der Waals surface area contributed by atoms with Gasteiger partial charge >= 0.3 is 0 Å². The number of fused-ring (bicyclic) bond motifs is 1. The third kappa shape index (κ3) is 3.73. The Morgan fingerprint density at radius 1 is 1.00 bits per heavy atom. The maximum atomic E-state index is 12.5. The smallest absolute Gasteiger partial charge is 0.268 e. The molecule has 1 aliphatic heterocycles. The zero-order valence-corrected chi connectivity index (χ0v) is 16.0. The lowest BCUT2D eigenvalue weighted by atomic mass is 9.91. The molecule has 0 spiro atoms. The molecule has 3 aliphatic rings. The monoisotopic (exact) mass is 380 g/mol. The summed E-state index contributed by atoms with van der Waals surface area (Å²) in [5, 5.41) is 4.66. The highest BCUT2D eigenvalue weighted by Gasteiger charge is 2.31. The van der Waals surface area contributed by atoms with Crippen LogP contribution in [0.1, 0.15) is 68.7 Å². The van der Waals surface area contributed by atoms with Crippen molar-refractivity contribution in [2.45, 2.75) is 76.3 Å². The van der Waals surface area contributed by atoms with Crippen LogP contribution in [0, 0.1) is 0 Å². The molecule has 0 unspecified atom stereocenters. The number of aromatic nitrogens is 2. The molecule has 8 heteroatoms. The quantitative estimate of drug-likeness (QED) is 0.859. The van der Waals surface area contributed by atoms with Crippen LogP contribution < -0.4 is 10.3 Å². The standard InChI is InChI=1S/C18H28N4O3S/c23-18-13-14-5-1-2-6-17(14)19-22(18)16-9-7-15(8-10-16)20-26(24,25)21-11-3-4-12-21/h13,15-16,20H,1-12H2. The van der Waals surface area contributed by atoms with Gasteiger partial charge in [0, 0.05) is 25.2 Å². The van der Waals surface area contributed by atoms with Gasteiger partial charge in [-0.2, -0.15) is 22.5 Å². The van der Waals surface area contributed by atoms with Gasteiger partial charge in [0.1, 0.15) is 0 Å². The number of rotatable bonds is 4. The molecule has 0 bridgehead atoms. The second-order valence-electron chi connectivity index (χ2n) is 7.84. The first-order chi connectivity index (χ1) is 12.5. The molecule has 7 nitrogen and oxygen atoms in total. The van der Waals surface area contributed by atoms with Gasteiger partial charge in [-0.1, -0.05) is 0 Å². The van der Waals surface area contributed by atoms with Gasteiger partial charge in [0.2, 0.25) is 0 Å². The van der Waals surface area contributed by atoms with Crippen molar-refractivity contribution in [3.05, 3.63) is 27.7 Å². The van der Waals surface area contributed by atoms with E-state index in [1.807, 2.05) is 0 Å². The average molecular weight is 381 g/mol. The van der Waals surface area contributed by atoms with Crippen LogP contribution in [0.4, 0.5) is 0 Å². The lowest BCUT2D eigenvalue weighted by molar-refractivity contribution is 0.280. The summed E-state index contributed by atoms with van der Waals surface area (Å²) in [4.78, 5) is 12.5. The molecule has 1 aromatic rings. The minimum Gasteiger partial charge on any atom is -0.268 e. The SMILES string of the molecule is O=c1cc2c(nn1C1CCC(NS(=O)(=O)N3CCCC3)CC1)CCCC2. The average Bonchev–Trinajstić information content (AvgIpc) is 3.17. The van der Waals surface area contributed by atoms with E-state index in [2.05, 4.69) is 9.82 Å². The molecule has 1 aromatic heterocycles. The molecule has 2 fully saturated rings. The Balaban J connectivity index is 1.40. The van der Waals surface area contributed by atoms with Crippen molar-refractivity contribution >= 4 is 10.2 Å². The van der Waals surface area contributed by atoms with Gasteiger partial charge in [0.15, 0.2) is 0 Å². The molecular weight excluding hydrogens is 352 g/mol. The maximum absolute atomic E-state index is 12.5. The summed E-state index contributed by atoms with van der Waals surface area (Å²) in [6.07, 6.45) is 9.18. The van der Waals surface area contributed by atoms with Crippen LogP contribution in [-0.4, -0.2) is 41.6 Å². The van der Waals surface area contributed by atoms with E-state index in [0.717, 1.165) is 75.5 Å². The maximum Gasteiger partial charge on any atom is 0.279 e. The van der Waals surface area contributed by atoms with E-state index in [9.17, 15) is 13.2 Å². The van der Waals surface area contributed by atoms with E-state index in [1.165, 1.54) is 0 Å². The highest BCUT2D eigenvalue weighted by atomic mass is 32.2. The van der Waals surface area contributed by atoms with Gasteiger partial charge in [-0.3, -0.25) is 4.79 Å². The normalized spacial score (nSPS) is 27.4. The summed E-state index contributed by atoms with van der Waals surface area (Å²) in [5.74, 6) is 0. The first-order valence-electron chi connectivity index (χ1n) is 9.92. The first-order valence-corrected chi connectivity index (χ1v) is 11.4. The van der Waals surface area contributed by atoms with Gasteiger partial charge < -0.3 is 0 Å². The number of aryl methyl sites for hydroxylation is 2. The minimum absolute atomic E-state index is 0.00764. The molecule has 1 saturated heterocycles. The Labute approximate surface area is 155 Å². The van der Waals surface area contributed by atoms with Gasteiger partial charge in [0.05, 0.1) is 11.7 Å². The lowest BCUT2D eigenvalue weighted by Crippen LogP contribution is -2.46. The molecule has 0 aromatic carbocycles. The Hall–Kier alpha value is -1.25. The largest absolute Gasteiger partial charge is 0.279 e. The number of hydrogen-bond acceptors (Lipinski definition) is 4. The molecule has 2 aliphatic carbocycles. The molecule has 0 radical (unpaired) electrons. The van der Waals surface area contributed by atoms with E-state index in [-0.39, 0.29) is 17.6 Å². The van der Waals surface area contributed by atoms with Crippen molar-refractivity contribution < 1.29 is 8.42 Å². The van der Waals surface area contributed by atoms with Crippen LogP contribution in [0.3, 0.4) is 0 Å². The fourth-order valence-electron chi connectivity index (χ4n) is 4.49. The number of hydrogen-bond donors (Lipinski definition) is 1. The second-order valence-corrected chi connectivity index (χ2v) is 9.54. The van der Waals surface area contributed by atoms with Crippen LogP contribution in [-0.2, 0) is 23.1 Å².